The first-order valence-corrected chi connectivity index (χ1v) is 10.5. The minimum atomic E-state index is -0.926. The Labute approximate surface area is 183 Å². The summed E-state index contributed by atoms with van der Waals surface area (Å²) in [5.74, 6) is 0.102. The first-order valence-electron chi connectivity index (χ1n) is 10.5. The first kappa shape index (κ1) is 20.1. The molecule has 0 aliphatic carbocycles. The van der Waals surface area contributed by atoms with Gasteiger partial charge in [-0.05, 0) is 25.0 Å². The molecule has 2 unspecified atom stereocenters. The highest BCUT2D eigenvalue weighted by Gasteiger charge is 2.28. The van der Waals surface area contributed by atoms with Crippen LogP contribution in [0.1, 0.15) is 36.9 Å². The number of hydrogen-bond donors (Lipinski definition) is 2. The van der Waals surface area contributed by atoms with Crippen molar-refractivity contribution in [1.29, 1.82) is 0 Å². The summed E-state index contributed by atoms with van der Waals surface area (Å²) < 4.78 is 15.5. The van der Waals surface area contributed by atoms with Crippen molar-refractivity contribution in [2.45, 2.75) is 32.0 Å². The van der Waals surface area contributed by atoms with Crippen LogP contribution < -0.4 is 15.5 Å². The summed E-state index contributed by atoms with van der Waals surface area (Å²) in [6, 6.07) is 9.83. The zero-order valence-corrected chi connectivity index (χ0v) is 17.5. The second-order valence-corrected chi connectivity index (χ2v) is 8.01. The van der Waals surface area contributed by atoms with Crippen molar-refractivity contribution < 1.29 is 14.0 Å². The lowest BCUT2D eigenvalue weighted by molar-refractivity contribution is -0.124. The normalized spacial score (nSPS) is 20.9. The minimum Gasteiger partial charge on any atom is -0.348 e. The highest BCUT2D eigenvalue weighted by molar-refractivity contribution is 6.15. The van der Waals surface area contributed by atoms with E-state index in [1.54, 1.807) is 16.8 Å². The van der Waals surface area contributed by atoms with Crippen LogP contribution in [0.15, 0.2) is 42.1 Å². The molecule has 2 aromatic heterocycles. The van der Waals surface area contributed by atoms with Gasteiger partial charge in [-0.15, -0.1) is 0 Å². The molecule has 1 aromatic carbocycles. The average Bonchev–Trinajstić information content (AvgIpc) is 3.47. The first-order chi connectivity index (χ1) is 15.5. The molecule has 2 aliphatic heterocycles. The van der Waals surface area contributed by atoms with Crippen molar-refractivity contribution in [2.24, 2.45) is 0 Å². The van der Waals surface area contributed by atoms with E-state index < -0.39 is 12.1 Å². The highest BCUT2D eigenvalue weighted by atomic mass is 19.1. The number of nitrogens with zero attached hydrogens (tertiary/aromatic N) is 5. The number of nitrogens with one attached hydrogen (secondary N) is 2. The van der Waals surface area contributed by atoms with Crippen LogP contribution in [0.3, 0.4) is 0 Å². The lowest BCUT2D eigenvalue weighted by atomic mass is 10.1. The fourth-order valence-electron chi connectivity index (χ4n) is 3.98. The van der Waals surface area contributed by atoms with Gasteiger partial charge in [-0.1, -0.05) is 30.3 Å². The van der Waals surface area contributed by atoms with E-state index in [4.69, 9.17) is 0 Å². The van der Waals surface area contributed by atoms with Gasteiger partial charge in [0.25, 0.3) is 5.91 Å². The second kappa shape index (κ2) is 8.03. The van der Waals surface area contributed by atoms with Gasteiger partial charge >= 0.3 is 0 Å². The summed E-state index contributed by atoms with van der Waals surface area (Å²) >= 11 is 0. The summed E-state index contributed by atoms with van der Waals surface area (Å²) in [5, 5.41) is 9.98. The number of fused-ring (bicyclic) bond motifs is 1. The van der Waals surface area contributed by atoms with Crippen LogP contribution in [0, 0.1) is 0 Å². The zero-order chi connectivity index (χ0) is 22.2. The summed E-state index contributed by atoms with van der Waals surface area (Å²) in [6.45, 7) is 2.75. The average molecular weight is 435 g/mol. The van der Waals surface area contributed by atoms with Crippen molar-refractivity contribution in [1.82, 2.24) is 24.9 Å². The lowest BCUT2D eigenvalue weighted by Gasteiger charge is -2.20. The van der Waals surface area contributed by atoms with Gasteiger partial charge in [0.05, 0.1) is 25.2 Å². The number of amides is 2. The van der Waals surface area contributed by atoms with E-state index in [0.29, 0.717) is 41.6 Å². The van der Waals surface area contributed by atoms with Crippen LogP contribution in [-0.4, -0.2) is 50.7 Å². The third-order valence-electron chi connectivity index (χ3n) is 5.66. The fraction of sp³-hybridized carbons (Fsp3) is 0.318. The summed E-state index contributed by atoms with van der Waals surface area (Å²) in [4.78, 5) is 34.7. The van der Waals surface area contributed by atoms with Crippen LogP contribution >= 0.6 is 0 Å². The third kappa shape index (κ3) is 3.79. The molecule has 3 aromatic rings. The minimum absolute atomic E-state index is 0.0138. The molecule has 0 radical (unpaired) electrons. The molecule has 2 aliphatic rings. The van der Waals surface area contributed by atoms with Crippen molar-refractivity contribution in [2.75, 3.05) is 23.3 Å². The predicted molar refractivity (Wildman–Crippen MR) is 117 cm³/mol. The highest BCUT2D eigenvalue weighted by Crippen LogP contribution is 2.26. The standard InChI is InChI=1S/C22H22FN7O2/c1-13(14-5-3-2-4-6-14)25-21-27-19-16(9-15-10-18(31)26-20(15)32)11-24-30(19)22(28-21)29-8-7-17(23)12-29/h2-6,9,11,13,17H,7-8,10,12H2,1H3,(H,25,27)(H,26,31,32). The van der Waals surface area contributed by atoms with Crippen molar-refractivity contribution in [3.05, 3.63) is 53.2 Å². The molecule has 0 bridgehead atoms. The summed E-state index contributed by atoms with van der Waals surface area (Å²) in [5.41, 5.74) is 2.47. The van der Waals surface area contributed by atoms with Gasteiger partial charge in [0.1, 0.15) is 6.17 Å². The molecule has 0 spiro atoms. The molecule has 9 nitrogen and oxygen atoms in total. The number of alkyl halides is 1. The Balaban J connectivity index is 1.57. The van der Waals surface area contributed by atoms with Gasteiger partial charge in [0.15, 0.2) is 5.65 Å². The number of anilines is 2. The molecule has 2 saturated heterocycles. The van der Waals surface area contributed by atoms with Gasteiger partial charge in [-0.25, -0.2) is 4.39 Å². The van der Waals surface area contributed by atoms with Gasteiger partial charge in [0.2, 0.25) is 17.8 Å². The quantitative estimate of drug-likeness (QED) is 0.468. The van der Waals surface area contributed by atoms with Crippen molar-refractivity contribution in [3.8, 4) is 0 Å². The Morgan fingerprint density at radius 2 is 2.06 bits per heavy atom. The van der Waals surface area contributed by atoms with Crippen molar-refractivity contribution >= 4 is 35.4 Å². The number of aromatic nitrogens is 4. The molecule has 32 heavy (non-hydrogen) atoms. The summed E-state index contributed by atoms with van der Waals surface area (Å²) in [7, 11) is 0. The molecule has 2 amide bonds. The Hall–Kier alpha value is -3.82. The number of rotatable bonds is 5. The van der Waals surface area contributed by atoms with Crippen LogP contribution in [0.25, 0.3) is 11.7 Å². The number of carbonyl (C=O) groups excluding carboxylic acids is 2. The molecule has 0 saturated carbocycles. The smallest absolute Gasteiger partial charge is 0.254 e. The van der Waals surface area contributed by atoms with Crippen LogP contribution in [-0.2, 0) is 9.59 Å². The van der Waals surface area contributed by atoms with Gasteiger partial charge in [-0.3, -0.25) is 14.9 Å². The molecule has 164 valence electrons. The Morgan fingerprint density at radius 3 is 2.75 bits per heavy atom. The maximum absolute atomic E-state index is 13.9. The molecule has 4 heterocycles. The van der Waals surface area contributed by atoms with Gasteiger partial charge < -0.3 is 10.2 Å². The van der Waals surface area contributed by atoms with E-state index in [9.17, 15) is 14.0 Å². The fourth-order valence-corrected chi connectivity index (χ4v) is 3.98. The molecular formula is C22H22FN7O2. The maximum atomic E-state index is 13.9. The molecule has 2 fully saturated rings. The number of hydrogen-bond acceptors (Lipinski definition) is 7. The number of halogens is 1. The van der Waals surface area contributed by atoms with Gasteiger partial charge in [-0.2, -0.15) is 19.6 Å². The van der Waals surface area contributed by atoms with E-state index in [1.807, 2.05) is 42.2 Å². The molecule has 5 rings (SSSR count). The van der Waals surface area contributed by atoms with Crippen LogP contribution in [0.5, 0.6) is 0 Å². The van der Waals surface area contributed by atoms with Gasteiger partial charge in [0, 0.05) is 17.7 Å². The van der Waals surface area contributed by atoms with E-state index in [0.717, 1.165) is 5.56 Å². The topological polar surface area (TPSA) is 105 Å². The Bertz CT molecular complexity index is 1220. The van der Waals surface area contributed by atoms with E-state index >= 15 is 0 Å². The third-order valence-corrected chi connectivity index (χ3v) is 5.66. The monoisotopic (exact) mass is 435 g/mol. The van der Waals surface area contributed by atoms with Crippen molar-refractivity contribution in [3.63, 3.8) is 0 Å². The Kier molecular flexibility index (Phi) is 5.04. The van der Waals surface area contributed by atoms with E-state index in [-0.39, 0.29) is 24.9 Å². The molecule has 2 atom stereocenters. The van der Waals surface area contributed by atoms with Crippen LogP contribution in [0.2, 0.25) is 0 Å². The maximum Gasteiger partial charge on any atom is 0.254 e. The predicted octanol–water partition coefficient (Wildman–Crippen LogP) is 2.28. The van der Waals surface area contributed by atoms with E-state index in [1.165, 1.54) is 0 Å². The second-order valence-electron chi connectivity index (χ2n) is 8.01. The zero-order valence-electron chi connectivity index (χ0n) is 17.5. The van der Waals surface area contributed by atoms with E-state index in [2.05, 4.69) is 25.7 Å². The largest absolute Gasteiger partial charge is 0.348 e. The molecular weight excluding hydrogens is 413 g/mol. The number of imide groups is 1. The Morgan fingerprint density at radius 1 is 1.25 bits per heavy atom. The summed E-state index contributed by atoms with van der Waals surface area (Å²) in [6.07, 6.45) is 2.70. The number of carbonyl (C=O) groups is 2. The SMILES string of the molecule is CC(Nc1nc(N2CCC(F)C2)n2ncc(C=C3CC(=O)NC3=O)c2n1)c1ccccc1. The molecule has 10 heteroatoms. The lowest BCUT2D eigenvalue weighted by Crippen LogP contribution is -2.25. The number of benzene rings is 1. The molecule has 2 N–H and O–H groups in total. The van der Waals surface area contributed by atoms with Crippen LogP contribution in [0.4, 0.5) is 16.3 Å².